The fourth-order valence-corrected chi connectivity index (χ4v) is 4.36. The highest BCUT2D eigenvalue weighted by atomic mass is 79.9. The number of halogens is 1. The van der Waals surface area contributed by atoms with Crippen molar-refractivity contribution in [3.63, 3.8) is 0 Å². The average molecular weight is 465 g/mol. The van der Waals surface area contributed by atoms with Gasteiger partial charge in [-0.15, -0.1) is 0 Å². The van der Waals surface area contributed by atoms with E-state index in [0.29, 0.717) is 22.9 Å². The molecule has 3 aromatic rings. The van der Waals surface area contributed by atoms with Crippen molar-refractivity contribution in [3.8, 4) is 0 Å². The zero-order valence-corrected chi connectivity index (χ0v) is 18.4. The number of hydrogen-bond acceptors (Lipinski definition) is 3. The third-order valence-electron chi connectivity index (χ3n) is 5.40. The van der Waals surface area contributed by atoms with Gasteiger partial charge in [0.25, 0.3) is 11.8 Å². The van der Waals surface area contributed by atoms with Crippen LogP contribution in [0.5, 0.6) is 0 Å². The van der Waals surface area contributed by atoms with Gasteiger partial charge >= 0.3 is 0 Å². The Labute approximate surface area is 183 Å². The molecule has 152 valence electrons. The molecule has 4 rings (SSSR count). The molecular weight excluding hydrogens is 444 g/mol. The predicted molar refractivity (Wildman–Crippen MR) is 121 cm³/mol. The van der Waals surface area contributed by atoms with Gasteiger partial charge in [-0.1, -0.05) is 47.1 Å². The summed E-state index contributed by atoms with van der Waals surface area (Å²) in [6.07, 6.45) is 0.339. The van der Waals surface area contributed by atoms with Crippen molar-refractivity contribution in [3.05, 3.63) is 75.8 Å². The standard InChI is InChI=1S/C24H21BrN2O3/c1-3-21(28)26(16-7-4-6-15(2)14-16)12-13-27-23(29)18-9-5-8-17-20(25)11-10-19(22(17)18)24(27)30/h4-11,14H,3,12-13H2,1-2H3. The Morgan fingerprint density at radius 2 is 1.70 bits per heavy atom. The van der Waals surface area contributed by atoms with Crippen molar-refractivity contribution in [1.82, 2.24) is 4.90 Å². The van der Waals surface area contributed by atoms with E-state index in [1.54, 1.807) is 24.0 Å². The fourth-order valence-electron chi connectivity index (χ4n) is 3.90. The molecule has 0 bridgehead atoms. The van der Waals surface area contributed by atoms with Gasteiger partial charge < -0.3 is 4.90 Å². The molecule has 30 heavy (non-hydrogen) atoms. The predicted octanol–water partition coefficient (Wildman–Crippen LogP) is 4.95. The number of nitrogens with zero attached hydrogens (tertiary/aromatic N) is 2. The summed E-state index contributed by atoms with van der Waals surface area (Å²) in [6, 6.07) is 16.7. The summed E-state index contributed by atoms with van der Waals surface area (Å²) in [4.78, 5) is 41.8. The molecule has 0 fully saturated rings. The maximum Gasteiger partial charge on any atom is 0.261 e. The van der Waals surface area contributed by atoms with Crippen molar-refractivity contribution >= 4 is 50.1 Å². The number of carbonyl (C=O) groups excluding carboxylic acids is 3. The molecule has 3 amide bonds. The molecule has 0 spiro atoms. The summed E-state index contributed by atoms with van der Waals surface area (Å²) in [7, 11) is 0. The Morgan fingerprint density at radius 3 is 2.40 bits per heavy atom. The lowest BCUT2D eigenvalue weighted by Crippen LogP contribution is -2.45. The van der Waals surface area contributed by atoms with Crippen molar-refractivity contribution in [2.45, 2.75) is 20.3 Å². The lowest BCUT2D eigenvalue weighted by Gasteiger charge is -2.30. The van der Waals surface area contributed by atoms with Crippen LogP contribution in [-0.2, 0) is 4.79 Å². The van der Waals surface area contributed by atoms with Gasteiger partial charge in [0.15, 0.2) is 0 Å². The second kappa shape index (κ2) is 8.03. The minimum absolute atomic E-state index is 0.0519. The van der Waals surface area contributed by atoms with Crippen LogP contribution in [0.25, 0.3) is 10.8 Å². The van der Waals surface area contributed by atoms with Gasteiger partial charge in [0.2, 0.25) is 5.91 Å². The summed E-state index contributed by atoms with van der Waals surface area (Å²) in [5.41, 5.74) is 2.82. The number of amides is 3. The molecule has 1 heterocycles. The lowest BCUT2D eigenvalue weighted by atomic mass is 9.94. The first-order valence-electron chi connectivity index (χ1n) is 9.86. The number of aryl methyl sites for hydroxylation is 1. The third kappa shape index (κ3) is 3.41. The zero-order valence-electron chi connectivity index (χ0n) is 16.8. The van der Waals surface area contributed by atoms with Crippen LogP contribution in [0, 0.1) is 6.92 Å². The first-order chi connectivity index (χ1) is 14.4. The minimum atomic E-state index is -0.329. The number of anilines is 1. The Kier molecular flexibility index (Phi) is 5.43. The molecular formula is C24H21BrN2O3. The van der Waals surface area contributed by atoms with Gasteiger partial charge in [0.05, 0.1) is 0 Å². The number of hydrogen-bond donors (Lipinski definition) is 0. The molecule has 0 saturated heterocycles. The molecule has 0 saturated carbocycles. The number of carbonyl (C=O) groups is 3. The first kappa shape index (κ1) is 20.3. The molecule has 5 nitrogen and oxygen atoms in total. The number of rotatable bonds is 5. The van der Waals surface area contributed by atoms with Gasteiger partial charge in [-0.2, -0.15) is 0 Å². The largest absolute Gasteiger partial charge is 0.311 e. The lowest BCUT2D eigenvalue weighted by molar-refractivity contribution is -0.118. The maximum atomic E-state index is 13.2. The number of imide groups is 1. The monoisotopic (exact) mass is 464 g/mol. The SMILES string of the molecule is CCC(=O)N(CCN1C(=O)c2cccc3c(Br)ccc(c23)C1=O)c1cccc(C)c1. The Morgan fingerprint density at radius 1 is 1.00 bits per heavy atom. The molecule has 6 heteroatoms. The molecule has 0 unspecified atom stereocenters. The minimum Gasteiger partial charge on any atom is -0.311 e. The highest BCUT2D eigenvalue weighted by Gasteiger charge is 2.33. The van der Waals surface area contributed by atoms with Crippen LogP contribution in [0.15, 0.2) is 59.1 Å². The van der Waals surface area contributed by atoms with Crippen LogP contribution in [-0.4, -0.2) is 35.7 Å². The van der Waals surface area contributed by atoms with E-state index in [2.05, 4.69) is 15.9 Å². The van der Waals surface area contributed by atoms with Crippen LogP contribution in [0.2, 0.25) is 0 Å². The van der Waals surface area contributed by atoms with E-state index >= 15 is 0 Å². The van der Waals surface area contributed by atoms with E-state index in [9.17, 15) is 14.4 Å². The summed E-state index contributed by atoms with van der Waals surface area (Å²) in [5.74, 6) is -0.711. The van der Waals surface area contributed by atoms with Crippen LogP contribution in [0.4, 0.5) is 5.69 Å². The molecule has 0 radical (unpaired) electrons. The van der Waals surface area contributed by atoms with E-state index in [0.717, 1.165) is 21.1 Å². The Balaban J connectivity index is 1.66. The van der Waals surface area contributed by atoms with Gasteiger partial charge in [-0.25, -0.2) is 0 Å². The molecule has 0 atom stereocenters. The van der Waals surface area contributed by atoms with E-state index < -0.39 is 0 Å². The summed E-state index contributed by atoms with van der Waals surface area (Å²) in [6.45, 7) is 4.14. The molecule has 0 N–H and O–H groups in total. The molecule has 0 aliphatic carbocycles. The maximum absolute atomic E-state index is 13.2. The summed E-state index contributed by atoms with van der Waals surface area (Å²) in [5, 5.41) is 1.52. The van der Waals surface area contributed by atoms with Crippen LogP contribution in [0.1, 0.15) is 39.6 Å². The van der Waals surface area contributed by atoms with Crippen molar-refractivity contribution in [2.24, 2.45) is 0 Å². The Bertz CT molecular complexity index is 1170. The number of benzene rings is 3. The summed E-state index contributed by atoms with van der Waals surface area (Å²) >= 11 is 3.50. The zero-order chi connectivity index (χ0) is 21.4. The van der Waals surface area contributed by atoms with Crippen LogP contribution in [0.3, 0.4) is 0 Å². The topological polar surface area (TPSA) is 57.7 Å². The molecule has 1 aliphatic heterocycles. The highest BCUT2D eigenvalue weighted by Crippen LogP contribution is 2.34. The van der Waals surface area contributed by atoms with Crippen LogP contribution >= 0.6 is 15.9 Å². The van der Waals surface area contributed by atoms with Crippen molar-refractivity contribution < 1.29 is 14.4 Å². The van der Waals surface area contributed by atoms with Crippen LogP contribution < -0.4 is 4.90 Å². The van der Waals surface area contributed by atoms with Crippen molar-refractivity contribution in [1.29, 1.82) is 0 Å². The fraction of sp³-hybridized carbons (Fsp3) is 0.208. The van der Waals surface area contributed by atoms with E-state index in [4.69, 9.17) is 0 Å². The van der Waals surface area contributed by atoms with E-state index in [1.807, 2.05) is 49.4 Å². The second-order valence-corrected chi connectivity index (χ2v) is 8.18. The quantitative estimate of drug-likeness (QED) is 0.501. The van der Waals surface area contributed by atoms with Gasteiger partial charge in [0, 0.05) is 46.2 Å². The smallest absolute Gasteiger partial charge is 0.261 e. The molecule has 1 aliphatic rings. The first-order valence-corrected chi connectivity index (χ1v) is 10.7. The van der Waals surface area contributed by atoms with E-state index in [1.165, 1.54) is 4.90 Å². The third-order valence-corrected chi connectivity index (χ3v) is 6.09. The second-order valence-electron chi connectivity index (χ2n) is 7.32. The Hall–Kier alpha value is -2.99. The normalized spacial score (nSPS) is 13.1. The van der Waals surface area contributed by atoms with E-state index in [-0.39, 0.29) is 30.8 Å². The molecule has 3 aromatic carbocycles. The van der Waals surface area contributed by atoms with Gasteiger partial charge in [-0.3, -0.25) is 19.3 Å². The van der Waals surface area contributed by atoms with Crippen molar-refractivity contribution in [2.75, 3.05) is 18.0 Å². The van der Waals surface area contributed by atoms with Gasteiger partial charge in [0.1, 0.15) is 0 Å². The van der Waals surface area contributed by atoms with Gasteiger partial charge in [-0.05, 0) is 48.2 Å². The molecule has 0 aromatic heterocycles. The average Bonchev–Trinajstić information content (AvgIpc) is 2.75. The highest BCUT2D eigenvalue weighted by molar-refractivity contribution is 9.10. The summed E-state index contributed by atoms with van der Waals surface area (Å²) < 4.78 is 0.844.